The van der Waals surface area contributed by atoms with Crippen LogP contribution >= 0.6 is 0 Å². The number of carbonyl (C=O) groups excluding carboxylic acids is 3. The number of piperidine rings is 1. The van der Waals surface area contributed by atoms with Crippen molar-refractivity contribution in [3.05, 3.63) is 59.4 Å². The molecule has 1 saturated carbocycles. The van der Waals surface area contributed by atoms with Gasteiger partial charge < -0.3 is 16.0 Å². The average Bonchev–Trinajstić information content (AvgIpc) is 3.58. The van der Waals surface area contributed by atoms with Crippen molar-refractivity contribution >= 4 is 23.4 Å². The Morgan fingerprint density at radius 1 is 1.07 bits per heavy atom. The van der Waals surface area contributed by atoms with Gasteiger partial charge in [0.25, 0.3) is 0 Å². The first kappa shape index (κ1) is 20.1. The molecule has 2 aliphatic rings. The topological polar surface area (TPSA) is 105 Å². The molecule has 1 aromatic carbocycles. The van der Waals surface area contributed by atoms with Crippen molar-refractivity contribution in [3.8, 4) is 0 Å². The van der Waals surface area contributed by atoms with Crippen LogP contribution in [0.5, 0.6) is 0 Å². The predicted octanol–water partition coefficient (Wildman–Crippen LogP) is 2.83. The van der Waals surface area contributed by atoms with E-state index in [1.807, 2.05) is 0 Å². The normalized spacial score (nSPS) is 18.7. The number of likely N-dealkylation sites (tertiary alicyclic amines) is 1. The zero-order valence-corrected chi connectivity index (χ0v) is 16.8. The molecule has 0 spiro atoms. The molecule has 7 nitrogen and oxygen atoms in total. The average molecular weight is 406 g/mol. The molecule has 1 aromatic heterocycles. The van der Waals surface area contributed by atoms with Gasteiger partial charge in [-0.15, -0.1) is 0 Å². The first-order valence-electron chi connectivity index (χ1n) is 10.5. The van der Waals surface area contributed by atoms with Crippen LogP contribution in [0.4, 0.5) is 5.69 Å². The van der Waals surface area contributed by atoms with Crippen molar-refractivity contribution in [3.63, 3.8) is 0 Å². The molecule has 4 rings (SSSR count). The van der Waals surface area contributed by atoms with Crippen molar-refractivity contribution in [1.82, 2.24) is 9.88 Å². The summed E-state index contributed by atoms with van der Waals surface area (Å²) in [5.74, 6) is -1.14. The van der Waals surface area contributed by atoms with Crippen LogP contribution in [0.3, 0.4) is 0 Å². The number of amides is 3. The maximum absolute atomic E-state index is 12.9. The predicted molar refractivity (Wildman–Crippen MR) is 113 cm³/mol. The van der Waals surface area contributed by atoms with Gasteiger partial charge in [-0.2, -0.15) is 0 Å². The number of carbonyl (C=O) groups is 3. The molecule has 2 aromatic rings. The molecule has 2 heterocycles. The van der Waals surface area contributed by atoms with Gasteiger partial charge in [0.15, 0.2) is 0 Å². The molecule has 0 bridgehead atoms. The number of nitrogens with one attached hydrogen (secondary N) is 1. The van der Waals surface area contributed by atoms with E-state index in [-0.39, 0.29) is 17.3 Å². The highest BCUT2D eigenvalue weighted by molar-refractivity contribution is 6.39. The van der Waals surface area contributed by atoms with Crippen molar-refractivity contribution in [2.24, 2.45) is 11.7 Å². The summed E-state index contributed by atoms with van der Waals surface area (Å²) in [7, 11) is 0. The highest BCUT2D eigenvalue weighted by Crippen LogP contribution is 2.34. The van der Waals surface area contributed by atoms with Gasteiger partial charge in [0.2, 0.25) is 5.91 Å². The van der Waals surface area contributed by atoms with Gasteiger partial charge in [0.1, 0.15) is 0 Å². The zero-order valence-electron chi connectivity index (χ0n) is 16.8. The molecule has 0 unspecified atom stereocenters. The van der Waals surface area contributed by atoms with E-state index in [2.05, 4.69) is 34.6 Å². The maximum Gasteiger partial charge on any atom is 0.313 e. The monoisotopic (exact) mass is 406 g/mol. The third-order valence-corrected chi connectivity index (χ3v) is 5.82. The molecule has 1 aliphatic carbocycles. The first-order chi connectivity index (χ1) is 14.5. The minimum Gasteiger partial charge on any atom is -0.366 e. The van der Waals surface area contributed by atoms with E-state index >= 15 is 0 Å². The molecule has 0 radical (unpaired) electrons. The van der Waals surface area contributed by atoms with E-state index in [0.717, 1.165) is 37.2 Å². The summed E-state index contributed by atoms with van der Waals surface area (Å²) in [5.41, 5.74) is 8.07. The lowest BCUT2D eigenvalue weighted by atomic mass is 9.93. The minimum atomic E-state index is -0.740. The van der Waals surface area contributed by atoms with Crippen LogP contribution in [0.1, 0.15) is 59.6 Å². The third kappa shape index (κ3) is 4.67. The summed E-state index contributed by atoms with van der Waals surface area (Å²) in [6, 6.07) is 9.77. The summed E-state index contributed by atoms with van der Waals surface area (Å²) in [6.07, 6.45) is 9.17. The Morgan fingerprint density at radius 2 is 1.83 bits per heavy atom. The van der Waals surface area contributed by atoms with E-state index < -0.39 is 17.7 Å². The summed E-state index contributed by atoms with van der Waals surface area (Å²) < 4.78 is 0. The van der Waals surface area contributed by atoms with Crippen LogP contribution in [-0.2, 0) is 16.0 Å². The Hall–Kier alpha value is -3.22. The van der Waals surface area contributed by atoms with Gasteiger partial charge in [-0.25, -0.2) is 0 Å². The smallest absolute Gasteiger partial charge is 0.313 e. The van der Waals surface area contributed by atoms with Crippen LogP contribution in [0.15, 0.2) is 42.7 Å². The van der Waals surface area contributed by atoms with Crippen LogP contribution in [0.2, 0.25) is 0 Å². The SMILES string of the molecule is NC(=O)c1cncc(NC(=O)C(=O)N2CCCC[C@H]2c2ccc(CC3CC3)cc2)c1. The zero-order chi connectivity index (χ0) is 21.1. The van der Waals surface area contributed by atoms with E-state index in [1.165, 1.54) is 36.9 Å². The van der Waals surface area contributed by atoms with E-state index in [9.17, 15) is 14.4 Å². The highest BCUT2D eigenvalue weighted by atomic mass is 16.2. The minimum absolute atomic E-state index is 0.109. The first-order valence-corrected chi connectivity index (χ1v) is 10.5. The molecule has 1 aliphatic heterocycles. The van der Waals surface area contributed by atoms with Crippen LogP contribution in [0, 0.1) is 5.92 Å². The molecular formula is C23H26N4O3. The van der Waals surface area contributed by atoms with Crippen LogP contribution in [0.25, 0.3) is 0 Å². The number of hydrogen-bond donors (Lipinski definition) is 2. The number of rotatable bonds is 5. The third-order valence-electron chi connectivity index (χ3n) is 5.82. The quantitative estimate of drug-likeness (QED) is 0.745. The standard InChI is InChI=1S/C23H26N4O3/c24-21(28)18-12-19(14-25-13-18)26-22(29)23(30)27-10-2-1-3-20(27)17-8-6-16(7-9-17)11-15-4-5-15/h6-9,12-15,20H,1-5,10-11H2,(H2,24,28)(H,26,29)/t20-/m0/s1. The molecular weight excluding hydrogens is 380 g/mol. The number of primary amides is 1. The summed E-state index contributed by atoms with van der Waals surface area (Å²) in [6.45, 7) is 0.542. The van der Waals surface area contributed by atoms with Crippen molar-refractivity contribution in [2.75, 3.05) is 11.9 Å². The summed E-state index contributed by atoms with van der Waals surface area (Å²) in [4.78, 5) is 42.4. The maximum atomic E-state index is 12.9. The lowest BCUT2D eigenvalue weighted by Crippen LogP contribution is -2.44. The molecule has 3 amide bonds. The number of aromatic nitrogens is 1. The van der Waals surface area contributed by atoms with Crippen molar-refractivity contribution < 1.29 is 14.4 Å². The van der Waals surface area contributed by atoms with Crippen molar-refractivity contribution in [1.29, 1.82) is 0 Å². The van der Waals surface area contributed by atoms with Crippen LogP contribution in [-0.4, -0.2) is 34.2 Å². The van der Waals surface area contributed by atoms with E-state index in [1.54, 1.807) is 4.90 Å². The van der Waals surface area contributed by atoms with Crippen molar-refractivity contribution in [2.45, 2.75) is 44.6 Å². The van der Waals surface area contributed by atoms with Gasteiger partial charge in [-0.1, -0.05) is 24.3 Å². The molecule has 1 saturated heterocycles. The number of pyridine rings is 1. The largest absolute Gasteiger partial charge is 0.366 e. The highest BCUT2D eigenvalue weighted by Gasteiger charge is 2.32. The second kappa shape index (κ2) is 8.65. The second-order valence-corrected chi connectivity index (χ2v) is 8.18. The van der Waals surface area contributed by atoms with Crippen LogP contribution < -0.4 is 11.1 Å². The lowest BCUT2D eigenvalue weighted by molar-refractivity contribution is -0.145. The van der Waals surface area contributed by atoms with Gasteiger partial charge in [0.05, 0.1) is 23.5 Å². The Kier molecular flexibility index (Phi) is 5.79. The number of nitrogens with two attached hydrogens (primary N) is 1. The molecule has 30 heavy (non-hydrogen) atoms. The summed E-state index contributed by atoms with van der Waals surface area (Å²) in [5, 5.41) is 2.54. The van der Waals surface area contributed by atoms with Gasteiger partial charge in [-0.05, 0) is 61.6 Å². The van der Waals surface area contributed by atoms with E-state index in [0.29, 0.717) is 6.54 Å². The lowest BCUT2D eigenvalue weighted by Gasteiger charge is -2.35. The molecule has 7 heteroatoms. The van der Waals surface area contributed by atoms with Gasteiger partial charge in [0, 0.05) is 12.7 Å². The fourth-order valence-corrected chi connectivity index (χ4v) is 4.01. The molecule has 156 valence electrons. The van der Waals surface area contributed by atoms with Gasteiger partial charge >= 0.3 is 11.8 Å². The number of benzene rings is 1. The Balaban J connectivity index is 1.46. The number of hydrogen-bond acceptors (Lipinski definition) is 4. The molecule has 3 N–H and O–H groups in total. The number of anilines is 1. The fraction of sp³-hybridized carbons (Fsp3) is 0.391. The Labute approximate surface area is 175 Å². The second-order valence-electron chi connectivity index (χ2n) is 8.18. The Bertz CT molecular complexity index is 953. The van der Waals surface area contributed by atoms with Gasteiger partial charge in [-0.3, -0.25) is 19.4 Å². The number of nitrogens with zero attached hydrogens (tertiary/aromatic N) is 2. The fourth-order valence-electron chi connectivity index (χ4n) is 4.01. The molecule has 2 fully saturated rings. The van der Waals surface area contributed by atoms with E-state index in [4.69, 9.17) is 5.73 Å². The molecule has 1 atom stereocenters. The Morgan fingerprint density at radius 3 is 2.53 bits per heavy atom. The summed E-state index contributed by atoms with van der Waals surface area (Å²) >= 11 is 0.